The molecular weight excluding hydrogens is 619 g/mol. The minimum atomic E-state index is -4.69. The molecule has 9 nitrogen and oxygen atoms in total. The quantitative estimate of drug-likeness (QED) is 0.382. The van der Waals surface area contributed by atoms with Crippen LogP contribution in [0.5, 0.6) is 11.5 Å². The number of phenolic OH excluding ortho intramolecular Hbond substituents is 1. The van der Waals surface area contributed by atoms with E-state index in [4.69, 9.17) is 4.74 Å². The lowest BCUT2D eigenvalue weighted by Crippen LogP contribution is -2.39. The smallest absolute Gasteiger partial charge is 0.416 e. The van der Waals surface area contributed by atoms with Crippen molar-refractivity contribution in [3.8, 4) is 11.5 Å². The van der Waals surface area contributed by atoms with Crippen molar-refractivity contribution in [2.45, 2.75) is 55.1 Å². The summed E-state index contributed by atoms with van der Waals surface area (Å²) in [7, 11) is 0. The summed E-state index contributed by atoms with van der Waals surface area (Å²) in [5.74, 6) is -3.59. The molecule has 3 aliphatic heterocycles. The van der Waals surface area contributed by atoms with Gasteiger partial charge in [-0.05, 0) is 62.1 Å². The maximum atomic E-state index is 14.0. The third-order valence-electron chi connectivity index (χ3n) is 8.13. The number of benzene rings is 2. The molecule has 2 fully saturated rings. The number of alkyl halides is 3. The van der Waals surface area contributed by atoms with Crippen LogP contribution in [0.4, 0.5) is 18.9 Å². The first-order chi connectivity index (χ1) is 21.0. The molecule has 2 saturated heterocycles. The van der Waals surface area contributed by atoms with Gasteiger partial charge in [0.2, 0.25) is 17.7 Å². The molecule has 3 aliphatic rings. The van der Waals surface area contributed by atoms with Crippen molar-refractivity contribution < 1.29 is 37.4 Å². The number of phenols is 1. The molecule has 3 aromatic rings. The van der Waals surface area contributed by atoms with E-state index in [-0.39, 0.29) is 36.2 Å². The first-order valence-electron chi connectivity index (χ1n) is 14.2. The van der Waals surface area contributed by atoms with Gasteiger partial charge in [0.15, 0.2) is 11.5 Å². The zero-order valence-electron chi connectivity index (χ0n) is 23.5. The minimum Gasteiger partial charge on any atom is -0.504 e. The number of amides is 3. The molecular formula is C30H28F3N3O6S2. The number of hydrogen-bond acceptors (Lipinski definition) is 8. The van der Waals surface area contributed by atoms with E-state index in [1.807, 2.05) is 0 Å². The second-order valence-electron chi connectivity index (χ2n) is 10.8. The van der Waals surface area contributed by atoms with Gasteiger partial charge < -0.3 is 14.7 Å². The molecule has 1 N–H and O–H groups in total. The Balaban J connectivity index is 1.46. The number of rotatable bonds is 6. The number of piperidine rings is 1. The van der Waals surface area contributed by atoms with E-state index in [2.05, 4.69) is 0 Å². The summed E-state index contributed by atoms with van der Waals surface area (Å²) in [5, 5.41) is 9.64. The SMILES string of the molecule is CCOc1cc([C@@H]2c3sc(=O)n(CC(=O)N4CCCCC4)c3SC3C(=O)N(c4cccc(C(F)(F)F)c4)C(=O)C32)ccc1O. The Bertz CT molecular complexity index is 1700. The standard InChI is InChI=1S/C30H28F3N3O6S2/c1-2-42-20-13-16(9-10-19(20)37)22-23-24(27(40)36(26(23)39)18-8-6-7-17(14-18)30(31,32)33)43-28-25(22)44-29(41)35(28)15-21(38)34-11-4-3-5-12-34/h6-10,13-14,22-24,37H,2-5,11-12,15H2,1H3/t22-,23?,24?/m0/s1. The number of imide groups is 1. The fraction of sp³-hybridized carbons (Fsp3) is 0.400. The normalized spacial score (nSPS) is 21.8. The summed E-state index contributed by atoms with van der Waals surface area (Å²) in [4.78, 5) is 57.0. The van der Waals surface area contributed by atoms with E-state index >= 15 is 0 Å². The number of thioether (sulfide) groups is 1. The number of anilines is 1. The highest BCUT2D eigenvalue weighted by atomic mass is 32.2. The Labute approximate surface area is 258 Å². The summed E-state index contributed by atoms with van der Waals surface area (Å²) in [6.07, 6.45) is -1.93. The number of aromatic hydroxyl groups is 1. The van der Waals surface area contributed by atoms with Gasteiger partial charge in [0, 0.05) is 23.9 Å². The van der Waals surface area contributed by atoms with Crippen LogP contribution in [0.2, 0.25) is 0 Å². The molecule has 232 valence electrons. The van der Waals surface area contributed by atoms with Crippen molar-refractivity contribution in [3.63, 3.8) is 0 Å². The average Bonchev–Trinajstić information content (AvgIpc) is 3.44. The zero-order chi connectivity index (χ0) is 31.3. The Morgan fingerprint density at radius 2 is 1.80 bits per heavy atom. The van der Waals surface area contributed by atoms with Gasteiger partial charge in [0.05, 0.1) is 28.8 Å². The minimum absolute atomic E-state index is 0.139. The highest BCUT2D eigenvalue weighted by molar-refractivity contribution is 8.00. The lowest BCUT2D eigenvalue weighted by Gasteiger charge is -2.31. The van der Waals surface area contributed by atoms with Crippen LogP contribution in [0.25, 0.3) is 0 Å². The maximum absolute atomic E-state index is 14.0. The van der Waals surface area contributed by atoms with Crippen molar-refractivity contribution in [2.75, 3.05) is 24.6 Å². The molecule has 6 rings (SSSR count). The van der Waals surface area contributed by atoms with Crippen molar-refractivity contribution in [1.29, 1.82) is 0 Å². The molecule has 0 saturated carbocycles. The Hall–Kier alpha value is -3.78. The largest absolute Gasteiger partial charge is 0.504 e. The Morgan fingerprint density at radius 3 is 2.50 bits per heavy atom. The monoisotopic (exact) mass is 647 g/mol. The van der Waals surface area contributed by atoms with Gasteiger partial charge in [-0.2, -0.15) is 13.2 Å². The molecule has 44 heavy (non-hydrogen) atoms. The molecule has 14 heteroatoms. The fourth-order valence-electron chi connectivity index (χ4n) is 6.06. The number of carbonyl (C=O) groups excluding carboxylic acids is 3. The fourth-order valence-corrected chi connectivity index (χ4v) is 8.84. The topological polar surface area (TPSA) is 109 Å². The number of likely N-dealkylation sites (tertiary alicyclic amines) is 1. The first kappa shape index (κ1) is 30.3. The Kier molecular flexibility index (Phi) is 7.99. The summed E-state index contributed by atoms with van der Waals surface area (Å²) in [6.45, 7) is 2.91. The highest BCUT2D eigenvalue weighted by Crippen LogP contribution is 2.54. The molecule has 3 atom stereocenters. The van der Waals surface area contributed by atoms with Crippen LogP contribution in [0.1, 0.15) is 48.1 Å². The summed E-state index contributed by atoms with van der Waals surface area (Å²) in [6, 6.07) is 8.54. The average molecular weight is 648 g/mol. The third-order valence-corrected chi connectivity index (χ3v) is 10.7. The molecule has 2 aromatic carbocycles. The second kappa shape index (κ2) is 11.6. The van der Waals surface area contributed by atoms with Crippen molar-refractivity contribution in [1.82, 2.24) is 9.47 Å². The van der Waals surface area contributed by atoms with Crippen LogP contribution >= 0.6 is 23.1 Å². The lowest BCUT2D eigenvalue weighted by atomic mass is 9.83. The van der Waals surface area contributed by atoms with E-state index in [1.165, 1.54) is 16.7 Å². The maximum Gasteiger partial charge on any atom is 0.416 e. The number of thiazole rings is 1. The predicted molar refractivity (Wildman–Crippen MR) is 157 cm³/mol. The summed E-state index contributed by atoms with van der Waals surface area (Å²) >= 11 is 1.86. The number of halogens is 3. The highest BCUT2D eigenvalue weighted by Gasteiger charge is 2.57. The number of ether oxygens (including phenoxy) is 1. The van der Waals surface area contributed by atoms with Gasteiger partial charge in [-0.25, -0.2) is 4.90 Å². The van der Waals surface area contributed by atoms with Crippen molar-refractivity contribution in [3.05, 3.63) is 68.1 Å². The van der Waals surface area contributed by atoms with Crippen LogP contribution < -0.4 is 14.5 Å². The number of hydrogen-bond donors (Lipinski definition) is 1. The van der Waals surface area contributed by atoms with Gasteiger partial charge in [0.25, 0.3) is 0 Å². The molecule has 3 amide bonds. The molecule has 0 aliphatic carbocycles. The zero-order valence-corrected chi connectivity index (χ0v) is 25.1. The van der Waals surface area contributed by atoms with Crippen LogP contribution in [0.15, 0.2) is 52.3 Å². The van der Waals surface area contributed by atoms with Gasteiger partial charge >= 0.3 is 11.0 Å². The van der Waals surface area contributed by atoms with Gasteiger partial charge in [0.1, 0.15) is 11.8 Å². The van der Waals surface area contributed by atoms with Crippen LogP contribution in [0.3, 0.4) is 0 Å². The van der Waals surface area contributed by atoms with E-state index in [0.717, 1.165) is 65.5 Å². The number of aromatic nitrogens is 1. The van der Waals surface area contributed by atoms with Crippen LogP contribution in [-0.4, -0.2) is 57.2 Å². The van der Waals surface area contributed by atoms with Gasteiger partial charge in [-0.3, -0.25) is 23.7 Å². The summed E-state index contributed by atoms with van der Waals surface area (Å²) in [5.41, 5.74) is -0.727. The molecule has 0 bridgehead atoms. The van der Waals surface area contributed by atoms with E-state index in [0.29, 0.717) is 28.6 Å². The predicted octanol–water partition coefficient (Wildman–Crippen LogP) is 4.84. The van der Waals surface area contributed by atoms with Crippen molar-refractivity contribution in [2.24, 2.45) is 5.92 Å². The van der Waals surface area contributed by atoms with Crippen molar-refractivity contribution >= 4 is 46.5 Å². The van der Waals surface area contributed by atoms with Gasteiger partial charge in [-0.1, -0.05) is 35.2 Å². The first-order valence-corrected chi connectivity index (χ1v) is 15.9. The molecule has 4 heterocycles. The lowest BCUT2D eigenvalue weighted by molar-refractivity contribution is -0.137. The number of carbonyl (C=O) groups is 3. The molecule has 2 unspecified atom stereocenters. The number of nitrogens with zero attached hydrogens (tertiary/aromatic N) is 3. The van der Waals surface area contributed by atoms with E-state index in [1.54, 1.807) is 24.0 Å². The third kappa shape index (κ3) is 5.27. The van der Waals surface area contributed by atoms with Crippen LogP contribution in [-0.2, 0) is 27.1 Å². The second-order valence-corrected chi connectivity index (χ2v) is 13.0. The molecule has 1 aromatic heterocycles. The van der Waals surface area contributed by atoms with Gasteiger partial charge in [-0.15, -0.1) is 0 Å². The van der Waals surface area contributed by atoms with E-state index < -0.39 is 45.5 Å². The van der Waals surface area contributed by atoms with Crippen LogP contribution in [0, 0.1) is 5.92 Å². The summed E-state index contributed by atoms with van der Waals surface area (Å²) < 4.78 is 47.5. The Morgan fingerprint density at radius 1 is 1.05 bits per heavy atom. The van der Waals surface area contributed by atoms with E-state index in [9.17, 15) is 37.5 Å². The number of fused-ring (bicyclic) bond motifs is 2. The molecule has 0 radical (unpaired) electrons. The molecule has 0 spiro atoms.